The van der Waals surface area contributed by atoms with Crippen molar-refractivity contribution in [3.63, 3.8) is 0 Å². The average molecular weight is 281 g/mol. The summed E-state index contributed by atoms with van der Waals surface area (Å²) in [6.45, 7) is 3.60. The van der Waals surface area contributed by atoms with Crippen molar-refractivity contribution in [3.05, 3.63) is 0 Å². The fourth-order valence-electron chi connectivity index (χ4n) is 3.89. The van der Waals surface area contributed by atoms with Gasteiger partial charge in [0.15, 0.2) is 0 Å². The van der Waals surface area contributed by atoms with Gasteiger partial charge in [-0.15, -0.1) is 0 Å². The van der Waals surface area contributed by atoms with E-state index in [4.69, 9.17) is 4.74 Å². The highest BCUT2D eigenvalue weighted by Gasteiger charge is 2.46. The van der Waals surface area contributed by atoms with E-state index in [0.717, 1.165) is 39.1 Å². The Morgan fingerprint density at radius 3 is 2.85 bits per heavy atom. The van der Waals surface area contributed by atoms with E-state index in [1.54, 1.807) is 4.90 Å². The summed E-state index contributed by atoms with van der Waals surface area (Å²) in [7, 11) is 3.71. The van der Waals surface area contributed by atoms with Gasteiger partial charge in [0, 0.05) is 46.4 Å². The first-order valence-electron chi connectivity index (χ1n) is 7.93. The molecule has 2 heterocycles. The Morgan fingerprint density at radius 2 is 2.20 bits per heavy atom. The highest BCUT2D eigenvalue weighted by Crippen LogP contribution is 2.43. The maximum Gasteiger partial charge on any atom is 0.240 e. The van der Waals surface area contributed by atoms with Crippen molar-refractivity contribution in [3.8, 4) is 0 Å². The Labute approximate surface area is 121 Å². The highest BCUT2D eigenvalue weighted by atomic mass is 16.5. The van der Waals surface area contributed by atoms with Gasteiger partial charge in [-0.3, -0.25) is 9.69 Å². The molecule has 2 unspecified atom stereocenters. The number of ether oxygens (including phenoxy) is 1. The minimum absolute atomic E-state index is 0.000948. The molecule has 20 heavy (non-hydrogen) atoms. The van der Waals surface area contributed by atoms with Crippen molar-refractivity contribution in [1.82, 2.24) is 15.1 Å². The molecule has 5 heteroatoms. The van der Waals surface area contributed by atoms with Crippen LogP contribution in [-0.4, -0.2) is 73.7 Å². The zero-order valence-electron chi connectivity index (χ0n) is 12.7. The van der Waals surface area contributed by atoms with Gasteiger partial charge in [0.05, 0.1) is 5.60 Å². The van der Waals surface area contributed by atoms with E-state index in [9.17, 15) is 4.79 Å². The summed E-state index contributed by atoms with van der Waals surface area (Å²) in [5.74, 6) is 0.228. The minimum atomic E-state index is -0.000948. The molecule has 114 valence electrons. The molecule has 0 radical (unpaired) electrons. The third kappa shape index (κ3) is 2.59. The molecule has 2 saturated heterocycles. The Kier molecular flexibility index (Phi) is 4.02. The van der Waals surface area contributed by atoms with Gasteiger partial charge in [0.1, 0.15) is 6.04 Å². The first kappa shape index (κ1) is 14.3. The van der Waals surface area contributed by atoms with Crippen LogP contribution in [0.2, 0.25) is 0 Å². The number of hydrogen-bond donors (Lipinski definition) is 1. The summed E-state index contributed by atoms with van der Waals surface area (Å²) >= 11 is 0. The van der Waals surface area contributed by atoms with Crippen molar-refractivity contribution in [2.45, 2.75) is 49.8 Å². The summed E-state index contributed by atoms with van der Waals surface area (Å²) in [6.07, 6.45) is 5.90. The van der Waals surface area contributed by atoms with Gasteiger partial charge in [0.2, 0.25) is 5.91 Å². The lowest BCUT2D eigenvalue weighted by molar-refractivity contribution is -0.159. The van der Waals surface area contributed by atoms with Gasteiger partial charge >= 0.3 is 0 Å². The zero-order chi connectivity index (χ0) is 14.2. The second kappa shape index (κ2) is 5.62. The lowest BCUT2D eigenvalue weighted by atomic mass is 9.73. The Hall–Kier alpha value is -0.650. The molecule has 1 aliphatic carbocycles. The van der Waals surface area contributed by atoms with Crippen LogP contribution in [0.4, 0.5) is 0 Å². The Morgan fingerprint density at radius 1 is 1.40 bits per heavy atom. The van der Waals surface area contributed by atoms with E-state index in [2.05, 4.69) is 10.2 Å². The molecule has 1 amide bonds. The molecule has 0 aromatic rings. The summed E-state index contributed by atoms with van der Waals surface area (Å²) in [5, 5.41) is 3.37. The zero-order valence-corrected chi connectivity index (χ0v) is 12.7. The molecule has 1 spiro atoms. The second-order valence-corrected chi connectivity index (χ2v) is 6.72. The normalized spacial score (nSPS) is 33.7. The monoisotopic (exact) mass is 281 g/mol. The number of likely N-dealkylation sites (N-methyl/N-ethyl adjacent to an activating group) is 1. The van der Waals surface area contributed by atoms with Crippen molar-refractivity contribution in [1.29, 1.82) is 0 Å². The lowest BCUT2D eigenvalue weighted by Gasteiger charge is -2.51. The molecule has 1 N–H and O–H groups in total. The molecule has 0 aromatic carbocycles. The van der Waals surface area contributed by atoms with E-state index >= 15 is 0 Å². The van der Waals surface area contributed by atoms with Crippen molar-refractivity contribution in [2.24, 2.45) is 0 Å². The molecule has 0 bridgehead atoms. The SMILES string of the molecule is CN(C)C(=O)C1CNCCN1C1CCOC2(CCC2)C1. The number of carbonyl (C=O) groups is 1. The number of carbonyl (C=O) groups excluding carboxylic acids is 1. The number of piperazine rings is 1. The maximum absolute atomic E-state index is 12.4. The summed E-state index contributed by atoms with van der Waals surface area (Å²) < 4.78 is 6.03. The highest BCUT2D eigenvalue weighted by molar-refractivity contribution is 5.81. The van der Waals surface area contributed by atoms with Crippen LogP contribution in [0, 0.1) is 0 Å². The van der Waals surface area contributed by atoms with E-state index in [-0.39, 0.29) is 17.6 Å². The molecule has 1 saturated carbocycles. The Bertz CT molecular complexity index is 368. The van der Waals surface area contributed by atoms with Crippen LogP contribution in [0.25, 0.3) is 0 Å². The number of rotatable bonds is 2. The standard InChI is InChI=1S/C15H27N3O2/c1-17(2)14(19)13-11-16-7-8-18(13)12-4-9-20-15(10-12)5-3-6-15/h12-13,16H,3-11H2,1-2H3. The fourth-order valence-corrected chi connectivity index (χ4v) is 3.89. The molecule has 2 aliphatic heterocycles. The van der Waals surface area contributed by atoms with Gasteiger partial charge in [-0.2, -0.15) is 0 Å². The molecule has 5 nitrogen and oxygen atoms in total. The predicted octanol–water partition coefficient (Wildman–Crippen LogP) is 0.450. The van der Waals surface area contributed by atoms with Crippen LogP contribution >= 0.6 is 0 Å². The third-order valence-corrected chi connectivity index (χ3v) is 5.21. The summed E-state index contributed by atoms with van der Waals surface area (Å²) in [6, 6.07) is 0.513. The van der Waals surface area contributed by atoms with Crippen LogP contribution in [0.5, 0.6) is 0 Å². The smallest absolute Gasteiger partial charge is 0.240 e. The van der Waals surface area contributed by atoms with E-state index < -0.39 is 0 Å². The molecule has 0 aromatic heterocycles. The third-order valence-electron chi connectivity index (χ3n) is 5.21. The lowest BCUT2D eigenvalue weighted by Crippen LogP contribution is -2.63. The van der Waals surface area contributed by atoms with Crippen molar-refractivity contribution < 1.29 is 9.53 Å². The fraction of sp³-hybridized carbons (Fsp3) is 0.933. The van der Waals surface area contributed by atoms with E-state index in [1.807, 2.05) is 14.1 Å². The van der Waals surface area contributed by atoms with Crippen LogP contribution in [-0.2, 0) is 9.53 Å². The topological polar surface area (TPSA) is 44.8 Å². The van der Waals surface area contributed by atoms with Gasteiger partial charge in [-0.05, 0) is 32.1 Å². The van der Waals surface area contributed by atoms with E-state index in [0.29, 0.717) is 6.04 Å². The number of nitrogens with zero attached hydrogens (tertiary/aromatic N) is 2. The Balaban J connectivity index is 1.70. The average Bonchev–Trinajstić information content (AvgIpc) is 2.45. The van der Waals surface area contributed by atoms with E-state index in [1.165, 1.54) is 19.3 Å². The largest absolute Gasteiger partial charge is 0.375 e. The molecular formula is C15H27N3O2. The van der Waals surface area contributed by atoms with Gasteiger partial charge in [0.25, 0.3) is 0 Å². The summed E-state index contributed by atoms with van der Waals surface area (Å²) in [5.41, 5.74) is 0.152. The molecule has 3 aliphatic rings. The van der Waals surface area contributed by atoms with Gasteiger partial charge < -0.3 is 15.0 Å². The predicted molar refractivity (Wildman–Crippen MR) is 77.6 cm³/mol. The molecule has 2 atom stereocenters. The molecule has 3 fully saturated rings. The first-order chi connectivity index (χ1) is 9.61. The van der Waals surface area contributed by atoms with Crippen LogP contribution in [0.15, 0.2) is 0 Å². The number of amides is 1. The summed E-state index contributed by atoms with van der Waals surface area (Å²) in [4.78, 5) is 16.6. The number of nitrogens with one attached hydrogen (secondary N) is 1. The quantitative estimate of drug-likeness (QED) is 0.798. The van der Waals surface area contributed by atoms with Crippen molar-refractivity contribution in [2.75, 3.05) is 40.3 Å². The molecular weight excluding hydrogens is 254 g/mol. The number of hydrogen-bond acceptors (Lipinski definition) is 4. The van der Waals surface area contributed by atoms with Crippen molar-refractivity contribution >= 4 is 5.91 Å². The second-order valence-electron chi connectivity index (χ2n) is 6.72. The minimum Gasteiger partial charge on any atom is -0.375 e. The van der Waals surface area contributed by atoms with Crippen LogP contribution in [0.3, 0.4) is 0 Å². The van der Waals surface area contributed by atoms with Gasteiger partial charge in [-0.1, -0.05) is 0 Å². The van der Waals surface area contributed by atoms with Crippen LogP contribution < -0.4 is 5.32 Å². The molecule has 3 rings (SSSR count). The first-order valence-corrected chi connectivity index (χ1v) is 7.93. The van der Waals surface area contributed by atoms with Crippen LogP contribution in [0.1, 0.15) is 32.1 Å². The van der Waals surface area contributed by atoms with Gasteiger partial charge in [-0.25, -0.2) is 0 Å². The maximum atomic E-state index is 12.4.